The lowest BCUT2D eigenvalue weighted by Crippen LogP contribution is -2.24. The van der Waals surface area contributed by atoms with E-state index in [0.717, 1.165) is 59.3 Å². The number of nitrogens with zero attached hydrogens (tertiary/aromatic N) is 4. The van der Waals surface area contributed by atoms with E-state index >= 15 is 0 Å². The Balaban J connectivity index is 1.47. The summed E-state index contributed by atoms with van der Waals surface area (Å²) in [7, 11) is -1.19. The van der Waals surface area contributed by atoms with Crippen molar-refractivity contribution in [1.29, 1.82) is 0 Å². The zero-order chi connectivity index (χ0) is 25.3. The Hall–Kier alpha value is -2.23. The van der Waals surface area contributed by atoms with Gasteiger partial charge in [0.1, 0.15) is 23.3 Å². The van der Waals surface area contributed by atoms with Crippen molar-refractivity contribution >= 4 is 53.2 Å². The van der Waals surface area contributed by atoms with Crippen molar-refractivity contribution in [1.82, 2.24) is 19.5 Å². The molecule has 0 N–H and O–H groups in total. The van der Waals surface area contributed by atoms with Gasteiger partial charge in [-0.2, -0.15) is 4.98 Å². The first-order chi connectivity index (χ1) is 17.3. The molecule has 3 aromatic heterocycles. The van der Waals surface area contributed by atoms with E-state index in [9.17, 15) is 0 Å². The molecule has 36 heavy (non-hydrogen) atoms. The smallest absolute Gasteiger partial charge is 0.225 e. The molecule has 1 atom stereocenters. The molecule has 190 valence electrons. The third-order valence-corrected chi connectivity index (χ3v) is 8.39. The van der Waals surface area contributed by atoms with Crippen LogP contribution >= 0.6 is 23.2 Å². The highest BCUT2D eigenvalue weighted by molar-refractivity contribution is 6.76. The number of fused-ring (bicyclic) bond motifs is 2. The molecule has 4 heterocycles. The van der Waals surface area contributed by atoms with Crippen molar-refractivity contribution in [3.8, 4) is 16.9 Å². The molecule has 5 rings (SSSR count). The van der Waals surface area contributed by atoms with Crippen LogP contribution in [0.2, 0.25) is 36.1 Å². The Labute approximate surface area is 221 Å². The topological polar surface area (TPSA) is 71.3 Å². The molecule has 1 fully saturated rings. The van der Waals surface area contributed by atoms with Gasteiger partial charge in [0.25, 0.3) is 0 Å². The van der Waals surface area contributed by atoms with Crippen molar-refractivity contribution in [3.63, 3.8) is 0 Å². The molecule has 1 aliphatic rings. The second kappa shape index (κ2) is 10.6. The molecule has 1 unspecified atom stereocenters. The van der Waals surface area contributed by atoms with Crippen LogP contribution in [-0.4, -0.2) is 47.1 Å². The summed E-state index contributed by atoms with van der Waals surface area (Å²) in [6.07, 6.45) is 6.60. The predicted octanol–water partition coefficient (Wildman–Crippen LogP) is 7.17. The molecule has 4 aromatic rings. The fraction of sp³-hybridized carbons (Fsp3) is 0.423. The summed E-state index contributed by atoms with van der Waals surface area (Å²) in [5.41, 5.74) is 3.39. The number of hydrogen-bond donors (Lipinski definition) is 0. The average Bonchev–Trinajstić information content (AvgIpc) is 3.20. The second-order valence-corrected chi connectivity index (χ2v) is 16.7. The zero-order valence-corrected chi connectivity index (χ0v) is 23.3. The van der Waals surface area contributed by atoms with Gasteiger partial charge < -0.3 is 18.8 Å². The van der Waals surface area contributed by atoms with Crippen LogP contribution in [0.3, 0.4) is 0 Å². The van der Waals surface area contributed by atoms with Crippen LogP contribution in [0.25, 0.3) is 33.1 Å². The van der Waals surface area contributed by atoms with Gasteiger partial charge in [-0.05, 0) is 54.2 Å². The van der Waals surface area contributed by atoms with E-state index < -0.39 is 8.07 Å². The van der Waals surface area contributed by atoms with Crippen LogP contribution in [0, 0.1) is 0 Å². The molecule has 0 radical (unpaired) electrons. The molecule has 0 spiro atoms. The van der Waals surface area contributed by atoms with Crippen molar-refractivity contribution in [3.05, 3.63) is 47.1 Å². The molecule has 1 aliphatic heterocycles. The number of pyridine rings is 1. The maximum atomic E-state index is 6.57. The lowest BCUT2D eigenvalue weighted by atomic mass is 10.0. The number of ether oxygens (including phenoxy) is 3. The summed E-state index contributed by atoms with van der Waals surface area (Å²) in [5, 5.41) is 2.12. The predicted molar refractivity (Wildman–Crippen MR) is 147 cm³/mol. The minimum atomic E-state index is -1.19. The fourth-order valence-corrected chi connectivity index (χ4v) is 5.51. The first-order valence-corrected chi connectivity index (χ1v) is 16.7. The van der Waals surface area contributed by atoms with Crippen molar-refractivity contribution in [2.75, 3.05) is 13.2 Å². The average molecular weight is 546 g/mol. The van der Waals surface area contributed by atoms with E-state index in [0.29, 0.717) is 29.9 Å². The SMILES string of the molecule is C[Si](C)(C)CCOCn1cc(-c2ccc3ncc(OC4CCCCO4)cc3c2)c2c(Cl)nc(Cl)nc21. The molecule has 0 amide bonds. The van der Waals surface area contributed by atoms with E-state index in [2.05, 4.69) is 40.7 Å². The number of halogens is 2. The van der Waals surface area contributed by atoms with Crippen molar-refractivity contribution < 1.29 is 14.2 Å². The van der Waals surface area contributed by atoms with E-state index in [-0.39, 0.29) is 11.6 Å². The highest BCUT2D eigenvalue weighted by Gasteiger charge is 2.19. The third-order valence-electron chi connectivity index (χ3n) is 6.24. The Morgan fingerprint density at radius 1 is 1.14 bits per heavy atom. The van der Waals surface area contributed by atoms with E-state index in [1.54, 1.807) is 6.20 Å². The first kappa shape index (κ1) is 25.4. The quantitative estimate of drug-likeness (QED) is 0.101. The van der Waals surface area contributed by atoms with E-state index in [4.69, 9.17) is 37.4 Å². The molecule has 0 saturated carbocycles. The monoisotopic (exact) mass is 544 g/mol. The summed E-state index contributed by atoms with van der Waals surface area (Å²) in [6.45, 7) is 8.79. The van der Waals surface area contributed by atoms with Crippen LogP contribution in [-0.2, 0) is 16.2 Å². The van der Waals surface area contributed by atoms with Gasteiger partial charge in [-0.3, -0.25) is 4.98 Å². The van der Waals surface area contributed by atoms with Gasteiger partial charge >= 0.3 is 0 Å². The highest BCUT2D eigenvalue weighted by atomic mass is 35.5. The lowest BCUT2D eigenvalue weighted by Gasteiger charge is -2.23. The van der Waals surface area contributed by atoms with Crippen LogP contribution < -0.4 is 4.74 Å². The summed E-state index contributed by atoms with van der Waals surface area (Å²) in [4.78, 5) is 13.2. The largest absolute Gasteiger partial charge is 0.463 e. The minimum Gasteiger partial charge on any atom is -0.463 e. The van der Waals surface area contributed by atoms with E-state index in [1.165, 1.54) is 0 Å². The maximum Gasteiger partial charge on any atom is 0.225 e. The third kappa shape index (κ3) is 5.84. The maximum absolute atomic E-state index is 6.57. The van der Waals surface area contributed by atoms with Gasteiger partial charge in [0.15, 0.2) is 6.29 Å². The van der Waals surface area contributed by atoms with Crippen LogP contribution in [0.5, 0.6) is 5.75 Å². The molecular formula is C26H30Cl2N4O3Si. The highest BCUT2D eigenvalue weighted by Crippen LogP contribution is 2.36. The summed E-state index contributed by atoms with van der Waals surface area (Å²) in [5.74, 6) is 0.693. The standard InChI is InChI=1S/C26H30Cl2N4O3Si/c1-36(2,3)11-10-33-16-32-15-20(23-24(27)30-26(28)31-25(23)32)17-7-8-21-18(12-17)13-19(14-29-21)35-22-6-4-5-9-34-22/h7-8,12-15,22H,4-6,9-11,16H2,1-3H3. The number of aromatic nitrogens is 4. The number of benzene rings is 1. The van der Waals surface area contributed by atoms with Crippen LogP contribution in [0.4, 0.5) is 0 Å². The number of hydrogen-bond acceptors (Lipinski definition) is 6. The molecule has 0 aliphatic carbocycles. The fourth-order valence-electron chi connectivity index (χ4n) is 4.28. The summed E-state index contributed by atoms with van der Waals surface area (Å²) in [6, 6.07) is 9.17. The number of rotatable bonds is 8. The molecule has 1 saturated heterocycles. The molecule has 7 nitrogen and oxygen atoms in total. The Morgan fingerprint density at radius 3 is 2.78 bits per heavy atom. The Kier molecular flexibility index (Phi) is 7.51. The zero-order valence-electron chi connectivity index (χ0n) is 20.8. The van der Waals surface area contributed by atoms with Crippen molar-refractivity contribution in [2.45, 2.75) is 58.0 Å². The van der Waals surface area contributed by atoms with E-state index in [1.807, 2.05) is 29.0 Å². The van der Waals surface area contributed by atoms with Gasteiger partial charge in [0, 0.05) is 38.2 Å². The lowest BCUT2D eigenvalue weighted by molar-refractivity contribution is -0.105. The molecule has 0 bridgehead atoms. The second-order valence-electron chi connectivity index (χ2n) is 10.3. The van der Waals surface area contributed by atoms with Gasteiger partial charge in [-0.15, -0.1) is 0 Å². The van der Waals surface area contributed by atoms with Gasteiger partial charge in [0.05, 0.1) is 23.7 Å². The van der Waals surface area contributed by atoms with Gasteiger partial charge in [0.2, 0.25) is 5.28 Å². The molecule has 10 heteroatoms. The molecular weight excluding hydrogens is 515 g/mol. The minimum absolute atomic E-state index is 0.106. The van der Waals surface area contributed by atoms with Gasteiger partial charge in [-0.1, -0.05) is 37.3 Å². The first-order valence-electron chi connectivity index (χ1n) is 12.2. The van der Waals surface area contributed by atoms with Crippen molar-refractivity contribution in [2.24, 2.45) is 0 Å². The van der Waals surface area contributed by atoms with Gasteiger partial charge in [-0.25, -0.2) is 4.98 Å². The van der Waals surface area contributed by atoms with Crippen LogP contribution in [0.15, 0.2) is 36.7 Å². The summed E-state index contributed by atoms with van der Waals surface area (Å²) >= 11 is 12.7. The van der Waals surface area contributed by atoms with Crippen LogP contribution in [0.1, 0.15) is 19.3 Å². The normalized spacial score (nSPS) is 16.6. The Bertz CT molecular complexity index is 1380. The summed E-state index contributed by atoms with van der Waals surface area (Å²) < 4.78 is 19.7. The molecule has 1 aromatic carbocycles. The Morgan fingerprint density at radius 2 is 2.00 bits per heavy atom.